The number of hydroxylamine groups is 1. The van der Waals surface area contributed by atoms with Crippen LogP contribution in [0.2, 0.25) is 0 Å². The first-order chi connectivity index (χ1) is 7.38. The molecular weight excluding hydrogens is 188 g/mol. The maximum atomic E-state index is 4.95. The van der Waals surface area contributed by atoms with Crippen LogP contribution >= 0.6 is 0 Å². The van der Waals surface area contributed by atoms with E-state index in [1.165, 1.54) is 12.0 Å². The Bertz CT molecular complexity index is 289. The van der Waals surface area contributed by atoms with Gasteiger partial charge >= 0.3 is 0 Å². The third-order valence-corrected chi connectivity index (χ3v) is 2.81. The molecule has 1 atom stereocenters. The highest BCUT2D eigenvalue weighted by Crippen LogP contribution is 2.13. The largest absolute Gasteiger partial charge is 0.305 e. The van der Waals surface area contributed by atoms with Crippen LogP contribution in [0.3, 0.4) is 0 Å². The van der Waals surface area contributed by atoms with Crippen LogP contribution < -0.4 is 5.48 Å². The molecule has 3 nitrogen and oxygen atoms in total. The molecule has 0 aliphatic carbocycles. The molecule has 3 heteroatoms. The standard InChI is InChI=1S/C12H18N2O/c1-15-13-12-7-8-14(10-12)9-11-5-3-2-4-6-11/h2-6,12-13H,7-10H2,1H3. The molecule has 1 unspecified atom stereocenters. The summed E-state index contributed by atoms with van der Waals surface area (Å²) < 4.78 is 0. The maximum absolute atomic E-state index is 4.95. The Morgan fingerprint density at radius 3 is 2.93 bits per heavy atom. The Labute approximate surface area is 91.0 Å². The van der Waals surface area contributed by atoms with E-state index in [9.17, 15) is 0 Å². The van der Waals surface area contributed by atoms with Crippen molar-refractivity contribution >= 4 is 0 Å². The van der Waals surface area contributed by atoms with Crippen LogP contribution in [0.25, 0.3) is 0 Å². The first-order valence-electron chi connectivity index (χ1n) is 5.43. The van der Waals surface area contributed by atoms with E-state index in [0.29, 0.717) is 6.04 Å². The smallest absolute Gasteiger partial charge is 0.0572 e. The number of rotatable bonds is 4. The Balaban J connectivity index is 1.82. The fourth-order valence-corrected chi connectivity index (χ4v) is 2.08. The van der Waals surface area contributed by atoms with Gasteiger partial charge < -0.3 is 4.84 Å². The van der Waals surface area contributed by atoms with Crippen LogP contribution in [-0.2, 0) is 11.4 Å². The monoisotopic (exact) mass is 206 g/mol. The van der Waals surface area contributed by atoms with Crippen LogP contribution in [0.4, 0.5) is 0 Å². The summed E-state index contributed by atoms with van der Waals surface area (Å²) in [4.78, 5) is 7.40. The van der Waals surface area contributed by atoms with Gasteiger partial charge in [-0.2, -0.15) is 5.48 Å². The number of nitrogens with zero attached hydrogens (tertiary/aromatic N) is 1. The molecule has 1 heterocycles. The van der Waals surface area contributed by atoms with Gasteiger partial charge in [0.1, 0.15) is 0 Å². The van der Waals surface area contributed by atoms with Crippen molar-refractivity contribution in [3.05, 3.63) is 35.9 Å². The summed E-state index contributed by atoms with van der Waals surface area (Å²) in [5.41, 5.74) is 4.40. The van der Waals surface area contributed by atoms with Gasteiger partial charge in [-0.05, 0) is 12.0 Å². The molecule has 0 bridgehead atoms. The van der Waals surface area contributed by atoms with Gasteiger partial charge in [-0.3, -0.25) is 4.90 Å². The second-order valence-electron chi connectivity index (χ2n) is 4.03. The Hall–Kier alpha value is -0.900. The molecule has 1 fully saturated rings. The maximum Gasteiger partial charge on any atom is 0.0572 e. The summed E-state index contributed by atoms with van der Waals surface area (Å²) >= 11 is 0. The summed E-state index contributed by atoms with van der Waals surface area (Å²) in [6.45, 7) is 3.27. The van der Waals surface area contributed by atoms with Crippen molar-refractivity contribution in [3.8, 4) is 0 Å². The lowest BCUT2D eigenvalue weighted by Gasteiger charge is -2.15. The topological polar surface area (TPSA) is 24.5 Å². The van der Waals surface area contributed by atoms with Gasteiger partial charge in [-0.1, -0.05) is 30.3 Å². The normalized spacial score (nSPS) is 22.1. The molecule has 15 heavy (non-hydrogen) atoms. The first kappa shape index (κ1) is 10.6. The molecule has 1 aliphatic heterocycles. The predicted octanol–water partition coefficient (Wildman–Crippen LogP) is 1.41. The average Bonchev–Trinajstić information content (AvgIpc) is 2.68. The summed E-state index contributed by atoms with van der Waals surface area (Å²) in [6.07, 6.45) is 1.17. The van der Waals surface area contributed by atoms with Crippen LogP contribution in [0, 0.1) is 0 Å². The van der Waals surface area contributed by atoms with Crippen molar-refractivity contribution < 1.29 is 4.84 Å². The molecule has 2 rings (SSSR count). The molecule has 1 aromatic carbocycles. The molecule has 1 aromatic rings. The van der Waals surface area contributed by atoms with Crippen molar-refractivity contribution in [2.24, 2.45) is 0 Å². The summed E-state index contributed by atoms with van der Waals surface area (Å²) in [7, 11) is 1.68. The highest BCUT2D eigenvalue weighted by atomic mass is 16.6. The number of hydrogen-bond donors (Lipinski definition) is 1. The fourth-order valence-electron chi connectivity index (χ4n) is 2.08. The van der Waals surface area contributed by atoms with E-state index in [0.717, 1.165) is 19.6 Å². The van der Waals surface area contributed by atoms with Crippen molar-refractivity contribution in [1.29, 1.82) is 0 Å². The minimum Gasteiger partial charge on any atom is -0.305 e. The summed E-state index contributed by atoms with van der Waals surface area (Å²) in [5.74, 6) is 0. The van der Waals surface area contributed by atoms with E-state index in [2.05, 4.69) is 40.7 Å². The molecule has 1 N–H and O–H groups in total. The van der Waals surface area contributed by atoms with Crippen molar-refractivity contribution in [1.82, 2.24) is 10.4 Å². The zero-order valence-corrected chi connectivity index (χ0v) is 9.15. The third-order valence-electron chi connectivity index (χ3n) is 2.81. The summed E-state index contributed by atoms with van der Waals surface area (Å²) in [5, 5.41) is 0. The second kappa shape index (κ2) is 5.26. The molecule has 0 amide bonds. The van der Waals surface area contributed by atoms with Crippen molar-refractivity contribution in [2.75, 3.05) is 20.2 Å². The van der Waals surface area contributed by atoms with E-state index in [1.54, 1.807) is 7.11 Å². The third kappa shape index (κ3) is 3.02. The number of nitrogens with one attached hydrogen (secondary N) is 1. The molecular formula is C12H18N2O. The van der Waals surface area contributed by atoms with Crippen LogP contribution in [-0.4, -0.2) is 31.1 Å². The van der Waals surface area contributed by atoms with Crippen LogP contribution in [0.1, 0.15) is 12.0 Å². The molecule has 1 saturated heterocycles. The minimum atomic E-state index is 0.485. The van der Waals surface area contributed by atoms with Crippen molar-refractivity contribution in [3.63, 3.8) is 0 Å². The van der Waals surface area contributed by atoms with Gasteiger partial charge in [0.2, 0.25) is 0 Å². The highest BCUT2D eigenvalue weighted by Gasteiger charge is 2.21. The van der Waals surface area contributed by atoms with Gasteiger partial charge in [0.05, 0.1) is 7.11 Å². The fraction of sp³-hybridized carbons (Fsp3) is 0.500. The lowest BCUT2D eigenvalue weighted by atomic mass is 10.2. The van der Waals surface area contributed by atoms with Crippen molar-refractivity contribution in [2.45, 2.75) is 19.0 Å². The number of likely N-dealkylation sites (tertiary alicyclic amines) is 1. The highest BCUT2D eigenvalue weighted by molar-refractivity contribution is 5.14. The van der Waals surface area contributed by atoms with E-state index in [-0.39, 0.29) is 0 Å². The zero-order valence-electron chi connectivity index (χ0n) is 9.15. The molecule has 82 valence electrons. The first-order valence-corrected chi connectivity index (χ1v) is 5.43. The van der Waals surface area contributed by atoms with Crippen LogP contribution in [0.5, 0.6) is 0 Å². The Kier molecular flexibility index (Phi) is 3.72. The number of benzene rings is 1. The quantitative estimate of drug-likeness (QED) is 0.754. The lowest BCUT2D eigenvalue weighted by molar-refractivity contribution is 0.0628. The van der Waals surface area contributed by atoms with Crippen LogP contribution in [0.15, 0.2) is 30.3 Å². The summed E-state index contributed by atoms with van der Waals surface area (Å²) in [6, 6.07) is 11.1. The van der Waals surface area contributed by atoms with E-state index in [4.69, 9.17) is 4.84 Å². The van der Waals surface area contributed by atoms with Gasteiger partial charge in [0, 0.05) is 25.7 Å². The lowest BCUT2D eigenvalue weighted by Crippen LogP contribution is -2.31. The molecule has 0 saturated carbocycles. The van der Waals surface area contributed by atoms with E-state index < -0.39 is 0 Å². The van der Waals surface area contributed by atoms with Gasteiger partial charge in [-0.15, -0.1) is 0 Å². The van der Waals surface area contributed by atoms with E-state index in [1.807, 2.05) is 0 Å². The minimum absolute atomic E-state index is 0.485. The average molecular weight is 206 g/mol. The SMILES string of the molecule is CONC1CCN(Cc2ccccc2)C1. The molecule has 1 aliphatic rings. The van der Waals surface area contributed by atoms with Gasteiger partial charge in [0.25, 0.3) is 0 Å². The van der Waals surface area contributed by atoms with E-state index >= 15 is 0 Å². The second-order valence-corrected chi connectivity index (χ2v) is 4.03. The predicted molar refractivity (Wildman–Crippen MR) is 60.3 cm³/mol. The molecule has 0 aromatic heterocycles. The van der Waals surface area contributed by atoms with Gasteiger partial charge in [-0.25, -0.2) is 0 Å². The Morgan fingerprint density at radius 2 is 2.20 bits per heavy atom. The molecule has 0 spiro atoms. The Morgan fingerprint density at radius 1 is 1.40 bits per heavy atom. The van der Waals surface area contributed by atoms with Gasteiger partial charge in [0.15, 0.2) is 0 Å². The zero-order chi connectivity index (χ0) is 10.5. The molecule has 0 radical (unpaired) electrons. The number of hydrogen-bond acceptors (Lipinski definition) is 3.